The lowest BCUT2D eigenvalue weighted by Crippen LogP contribution is -2.33. The van der Waals surface area contributed by atoms with Crippen molar-refractivity contribution < 1.29 is 22.8 Å². The molecule has 6 heteroatoms. The lowest BCUT2D eigenvalue weighted by Gasteiger charge is -2.16. The minimum atomic E-state index is -4.92. The van der Waals surface area contributed by atoms with Crippen LogP contribution in [0, 0.1) is 0 Å². The van der Waals surface area contributed by atoms with Crippen LogP contribution < -0.4 is 0 Å². The Morgan fingerprint density at radius 3 is 2.38 bits per heavy atom. The average Bonchev–Trinajstić information content (AvgIpc) is 1.99. The summed E-state index contributed by atoms with van der Waals surface area (Å²) < 4.78 is 34.9. The molecule has 0 atom stereocenters. The van der Waals surface area contributed by atoms with Gasteiger partial charge in [-0.3, -0.25) is 0 Å². The number of nitrogens with zero attached hydrogens (tertiary/aromatic N) is 1. The molecule has 0 unspecified atom stereocenters. The first kappa shape index (κ1) is 12.2. The number of carbonyl (C=O) groups excluding carboxylic acids is 1. The van der Waals surface area contributed by atoms with Crippen LogP contribution in [0.4, 0.5) is 13.2 Å². The molecule has 0 heterocycles. The Morgan fingerprint density at radius 2 is 2.00 bits per heavy atom. The molecule has 0 bridgehead atoms. The second kappa shape index (κ2) is 5.06. The van der Waals surface area contributed by atoms with Crippen molar-refractivity contribution >= 4 is 5.97 Å². The molecule has 0 fully saturated rings. The number of carbonyl (C=O) groups is 1. The van der Waals surface area contributed by atoms with Crippen molar-refractivity contribution in [1.82, 2.24) is 5.06 Å². The summed E-state index contributed by atoms with van der Waals surface area (Å²) in [7, 11) is 1.29. The zero-order chi connectivity index (χ0) is 10.5. The third-order valence-corrected chi connectivity index (χ3v) is 1.30. The van der Waals surface area contributed by atoms with Gasteiger partial charge in [-0.15, -0.1) is 5.06 Å². The molecule has 0 radical (unpaired) electrons. The van der Waals surface area contributed by atoms with Crippen molar-refractivity contribution in [2.45, 2.75) is 25.9 Å². The molecule has 13 heavy (non-hydrogen) atoms. The quantitative estimate of drug-likeness (QED) is 0.646. The lowest BCUT2D eigenvalue weighted by atomic mass is 10.3. The SMILES string of the molecule is CCCCN(C)OC(=O)C(F)(F)F. The van der Waals surface area contributed by atoms with Crippen LogP contribution >= 0.6 is 0 Å². The van der Waals surface area contributed by atoms with Crippen LogP contribution in [0.5, 0.6) is 0 Å². The van der Waals surface area contributed by atoms with Crippen LogP contribution in [-0.2, 0) is 9.63 Å². The highest BCUT2D eigenvalue weighted by atomic mass is 19.4. The molecule has 78 valence electrons. The number of hydrogen-bond acceptors (Lipinski definition) is 3. The second-order valence-electron chi connectivity index (χ2n) is 2.58. The van der Waals surface area contributed by atoms with E-state index in [0.29, 0.717) is 13.0 Å². The zero-order valence-corrected chi connectivity index (χ0v) is 7.52. The van der Waals surface area contributed by atoms with E-state index >= 15 is 0 Å². The predicted molar refractivity (Wildman–Crippen MR) is 39.7 cm³/mol. The second-order valence-corrected chi connectivity index (χ2v) is 2.58. The molecule has 0 aromatic carbocycles. The van der Waals surface area contributed by atoms with Crippen LogP contribution in [0.1, 0.15) is 19.8 Å². The third kappa shape index (κ3) is 5.46. The van der Waals surface area contributed by atoms with Gasteiger partial charge in [0, 0.05) is 13.6 Å². The first-order valence-corrected chi connectivity index (χ1v) is 3.88. The molecule has 3 nitrogen and oxygen atoms in total. The summed E-state index contributed by atoms with van der Waals surface area (Å²) in [6, 6.07) is 0. The first-order chi connectivity index (χ1) is 5.88. The summed E-state index contributed by atoms with van der Waals surface area (Å²) in [6.07, 6.45) is -3.41. The Labute approximate surface area is 74.4 Å². The van der Waals surface area contributed by atoms with E-state index in [-0.39, 0.29) is 0 Å². The number of halogens is 3. The van der Waals surface area contributed by atoms with Gasteiger partial charge in [0.25, 0.3) is 0 Å². The van der Waals surface area contributed by atoms with Gasteiger partial charge in [0.1, 0.15) is 0 Å². The van der Waals surface area contributed by atoms with E-state index in [1.54, 1.807) is 0 Å². The Kier molecular flexibility index (Phi) is 4.76. The zero-order valence-electron chi connectivity index (χ0n) is 7.52. The van der Waals surface area contributed by atoms with Gasteiger partial charge in [-0.05, 0) is 6.42 Å². The topological polar surface area (TPSA) is 29.5 Å². The summed E-state index contributed by atoms with van der Waals surface area (Å²) >= 11 is 0. The van der Waals surface area contributed by atoms with E-state index in [0.717, 1.165) is 11.5 Å². The van der Waals surface area contributed by atoms with Gasteiger partial charge in [0.05, 0.1) is 0 Å². The Bertz CT molecular complexity index is 170. The highest BCUT2D eigenvalue weighted by molar-refractivity contribution is 5.75. The van der Waals surface area contributed by atoms with Crippen molar-refractivity contribution in [3.05, 3.63) is 0 Å². The number of alkyl halides is 3. The largest absolute Gasteiger partial charge is 0.492 e. The van der Waals surface area contributed by atoms with E-state index in [1.165, 1.54) is 7.05 Å². The maximum atomic E-state index is 11.6. The van der Waals surface area contributed by atoms with Crippen molar-refractivity contribution in [2.24, 2.45) is 0 Å². The van der Waals surface area contributed by atoms with Gasteiger partial charge in [0.2, 0.25) is 0 Å². The molecule has 0 N–H and O–H groups in total. The molecule has 0 aromatic heterocycles. The molecule has 0 amide bonds. The maximum absolute atomic E-state index is 11.6. The standard InChI is InChI=1S/C7H12F3NO2/c1-3-4-5-11(2)13-6(12)7(8,9)10/h3-5H2,1-2H3. The van der Waals surface area contributed by atoms with Gasteiger partial charge >= 0.3 is 12.1 Å². The molecule has 0 rings (SSSR count). The van der Waals surface area contributed by atoms with E-state index in [9.17, 15) is 18.0 Å². The molecular weight excluding hydrogens is 187 g/mol. The first-order valence-electron chi connectivity index (χ1n) is 3.88. The number of rotatable bonds is 4. The van der Waals surface area contributed by atoms with E-state index in [2.05, 4.69) is 4.84 Å². The van der Waals surface area contributed by atoms with Gasteiger partial charge in [-0.25, -0.2) is 4.79 Å². The Balaban J connectivity index is 3.79. The van der Waals surface area contributed by atoms with Crippen molar-refractivity contribution in [2.75, 3.05) is 13.6 Å². The summed E-state index contributed by atoms with van der Waals surface area (Å²) in [5.41, 5.74) is 0. The van der Waals surface area contributed by atoms with Crippen molar-refractivity contribution in [1.29, 1.82) is 0 Å². The fourth-order valence-corrected chi connectivity index (χ4v) is 0.620. The fourth-order valence-electron chi connectivity index (χ4n) is 0.620. The summed E-state index contributed by atoms with van der Waals surface area (Å²) in [5, 5.41) is 0.888. The molecule has 0 saturated carbocycles. The van der Waals surface area contributed by atoms with Gasteiger partial charge in [-0.1, -0.05) is 13.3 Å². The Morgan fingerprint density at radius 1 is 1.46 bits per heavy atom. The van der Waals surface area contributed by atoms with Crippen molar-refractivity contribution in [3.63, 3.8) is 0 Å². The van der Waals surface area contributed by atoms with Crippen LogP contribution in [0.2, 0.25) is 0 Å². The van der Waals surface area contributed by atoms with E-state index in [4.69, 9.17) is 0 Å². The molecular formula is C7H12F3NO2. The monoisotopic (exact) mass is 199 g/mol. The van der Waals surface area contributed by atoms with Crippen LogP contribution in [0.15, 0.2) is 0 Å². The van der Waals surface area contributed by atoms with Gasteiger partial charge < -0.3 is 4.84 Å². The summed E-state index contributed by atoms with van der Waals surface area (Å²) in [5.74, 6) is -2.17. The molecule has 0 aromatic rings. The van der Waals surface area contributed by atoms with Crippen LogP contribution in [0.3, 0.4) is 0 Å². The fraction of sp³-hybridized carbons (Fsp3) is 0.857. The van der Waals surface area contributed by atoms with Gasteiger partial charge in [0.15, 0.2) is 0 Å². The molecule has 0 aliphatic rings. The minimum Gasteiger partial charge on any atom is -0.361 e. The molecule has 0 saturated heterocycles. The number of hydroxylamine groups is 2. The minimum absolute atomic E-state index is 0.304. The summed E-state index contributed by atoms with van der Waals surface area (Å²) in [4.78, 5) is 14.2. The Hall–Kier alpha value is -0.780. The van der Waals surface area contributed by atoms with E-state index in [1.807, 2.05) is 6.92 Å². The highest BCUT2D eigenvalue weighted by Crippen LogP contribution is 2.16. The molecule has 0 aliphatic carbocycles. The van der Waals surface area contributed by atoms with Crippen LogP contribution in [-0.4, -0.2) is 30.8 Å². The van der Waals surface area contributed by atoms with Crippen LogP contribution in [0.25, 0.3) is 0 Å². The van der Waals surface area contributed by atoms with Gasteiger partial charge in [-0.2, -0.15) is 13.2 Å². The average molecular weight is 199 g/mol. The molecule has 0 spiro atoms. The smallest absolute Gasteiger partial charge is 0.361 e. The number of unbranched alkanes of at least 4 members (excludes halogenated alkanes) is 1. The van der Waals surface area contributed by atoms with Crippen molar-refractivity contribution in [3.8, 4) is 0 Å². The summed E-state index contributed by atoms with van der Waals surface area (Å²) in [6.45, 7) is 2.19. The highest BCUT2D eigenvalue weighted by Gasteiger charge is 2.42. The predicted octanol–water partition coefficient (Wildman–Crippen LogP) is 1.74. The van der Waals surface area contributed by atoms with E-state index < -0.39 is 12.1 Å². The maximum Gasteiger partial charge on any atom is 0.492 e. The third-order valence-electron chi connectivity index (χ3n) is 1.30. The lowest BCUT2D eigenvalue weighted by molar-refractivity contribution is -0.234. The molecule has 0 aliphatic heterocycles. The normalized spacial score (nSPS) is 11.8. The number of hydrogen-bond donors (Lipinski definition) is 0.